The first-order chi connectivity index (χ1) is 16.3. The van der Waals surface area contributed by atoms with Crippen molar-refractivity contribution in [3.05, 3.63) is 83.1 Å². The number of rotatable bonds is 3. The third-order valence-corrected chi connectivity index (χ3v) is 6.02. The summed E-state index contributed by atoms with van der Waals surface area (Å²) in [6, 6.07) is 5.17. The van der Waals surface area contributed by atoms with Gasteiger partial charge < -0.3 is 4.90 Å². The minimum absolute atomic E-state index is 0.111. The summed E-state index contributed by atoms with van der Waals surface area (Å²) in [7, 11) is 1.61. The van der Waals surface area contributed by atoms with Crippen LogP contribution in [0.2, 0.25) is 0 Å². The van der Waals surface area contributed by atoms with Crippen LogP contribution in [-0.2, 0) is 13.5 Å². The van der Waals surface area contributed by atoms with E-state index in [1.807, 2.05) is 0 Å². The van der Waals surface area contributed by atoms with E-state index in [0.717, 1.165) is 18.2 Å². The summed E-state index contributed by atoms with van der Waals surface area (Å²) in [6.07, 6.45) is 3.06. The van der Waals surface area contributed by atoms with Crippen molar-refractivity contribution in [1.29, 1.82) is 0 Å². The van der Waals surface area contributed by atoms with Crippen molar-refractivity contribution in [3.63, 3.8) is 0 Å². The van der Waals surface area contributed by atoms with Crippen molar-refractivity contribution in [2.24, 2.45) is 7.05 Å². The van der Waals surface area contributed by atoms with E-state index in [1.54, 1.807) is 18.9 Å². The molecule has 4 aromatic rings. The van der Waals surface area contributed by atoms with Gasteiger partial charge in [0.05, 0.1) is 28.7 Å². The molecule has 174 valence electrons. The molecule has 2 aromatic heterocycles. The van der Waals surface area contributed by atoms with Gasteiger partial charge in [-0.05, 0) is 43.7 Å². The average molecular weight is 470 g/mol. The molecule has 0 spiro atoms. The zero-order valence-corrected chi connectivity index (χ0v) is 18.1. The molecule has 7 nitrogen and oxygen atoms in total. The maximum atomic E-state index is 14.1. The lowest BCUT2D eigenvalue weighted by Crippen LogP contribution is -2.39. The number of benzene rings is 2. The van der Waals surface area contributed by atoms with Gasteiger partial charge in [-0.25, -0.2) is 27.2 Å². The third-order valence-electron chi connectivity index (χ3n) is 6.02. The van der Waals surface area contributed by atoms with Gasteiger partial charge in [-0.2, -0.15) is 10.2 Å². The molecule has 2 aromatic carbocycles. The van der Waals surface area contributed by atoms with Gasteiger partial charge in [0.1, 0.15) is 18.5 Å². The molecular weight excluding hydrogens is 452 g/mol. The van der Waals surface area contributed by atoms with Crippen LogP contribution in [0.4, 0.5) is 17.6 Å². The minimum atomic E-state index is -1.54. The molecule has 1 amide bonds. The molecule has 11 heteroatoms. The molecule has 1 aliphatic rings. The molecule has 0 saturated carbocycles. The highest BCUT2D eigenvalue weighted by Gasteiger charge is 2.34. The maximum Gasteiger partial charge on any atom is 0.256 e. The lowest BCUT2D eigenvalue weighted by Gasteiger charge is -2.33. The number of hydrogen-bond donors (Lipinski definition) is 0. The first kappa shape index (κ1) is 21.8. The Morgan fingerprint density at radius 2 is 1.82 bits per heavy atom. The second-order valence-electron chi connectivity index (χ2n) is 8.02. The Balaban J connectivity index is 1.53. The Kier molecular flexibility index (Phi) is 5.18. The summed E-state index contributed by atoms with van der Waals surface area (Å²) in [4.78, 5) is 18.9. The normalized spacial score (nSPS) is 15.5. The van der Waals surface area contributed by atoms with Gasteiger partial charge in [-0.1, -0.05) is 0 Å². The van der Waals surface area contributed by atoms with Crippen LogP contribution in [-0.4, -0.2) is 41.9 Å². The van der Waals surface area contributed by atoms with E-state index in [4.69, 9.17) is 0 Å². The van der Waals surface area contributed by atoms with Gasteiger partial charge in [0.2, 0.25) is 0 Å². The lowest BCUT2D eigenvalue weighted by atomic mass is 9.94. The maximum absolute atomic E-state index is 14.1. The predicted octanol–water partition coefficient (Wildman–Crippen LogP) is 3.98. The number of fused-ring (bicyclic) bond motifs is 1. The molecule has 0 aliphatic carbocycles. The molecule has 0 unspecified atom stereocenters. The number of amides is 1. The highest BCUT2D eigenvalue weighted by atomic mass is 19.2. The van der Waals surface area contributed by atoms with E-state index in [-0.39, 0.29) is 17.7 Å². The number of halogens is 4. The summed E-state index contributed by atoms with van der Waals surface area (Å²) in [5.41, 5.74) is 2.33. The fourth-order valence-corrected chi connectivity index (χ4v) is 4.44. The quantitative estimate of drug-likeness (QED) is 0.336. The number of nitrogens with zero attached hydrogens (tertiary/aromatic N) is 6. The van der Waals surface area contributed by atoms with Gasteiger partial charge >= 0.3 is 0 Å². The lowest BCUT2D eigenvalue weighted by molar-refractivity contribution is 0.0673. The summed E-state index contributed by atoms with van der Waals surface area (Å²) in [5, 5.41) is 8.53. The topological polar surface area (TPSA) is 68.8 Å². The Morgan fingerprint density at radius 1 is 1.09 bits per heavy atom. The molecule has 0 saturated heterocycles. The first-order valence-electron chi connectivity index (χ1n) is 10.4. The number of hydrogen-bond acceptors (Lipinski definition) is 4. The van der Waals surface area contributed by atoms with Gasteiger partial charge in [0.15, 0.2) is 17.5 Å². The summed E-state index contributed by atoms with van der Waals surface area (Å²) >= 11 is 0. The SMILES string of the molecule is C[C@H]1c2nn(C)c(-c3cc(F)c(F)c(F)c3)c2CCN1C(=O)c1cc(F)ccc1-n1cncn1. The van der Waals surface area contributed by atoms with Crippen LogP contribution >= 0.6 is 0 Å². The van der Waals surface area contributed by atoms with Crippen molar-refractivity contribution >= 4 is 5.91 Å². The molecule has 0 N–H and O–H groups in total. The van der Waals surface area contributed by atoms with Crippen LogP contribution in [0.15, 0.2) is 43.0 Å². The Bertz CT molecular complexity index is 1390. The average Bonchev–Trinajstić information content (AvgIpc) is 3.45. The van der Waals surface area contributed by atoms with Crippen molar-refractivity contribution in [1.82, 2.24) is 29.4 Å². The molecule has 0 fully saturated rings. The van der Waals surface area contributed by atoms with Crippen LogP contribution in [0.1, 0.15) is 34.6 Å². The van der Waals surface area contributed by atoms with Crippen molar-refractivity contribution in [2.75, 3.05) is 6.54 Å². The summed E-state index contributed by atoms with van der Waals surface area (Å²) in [6.45, 7) is 2.03. The standard InChI is InChI=1S/C23H18F4N6O/c1-12-21-15(22(31(2)30-21)13-7-17(25)20(27)18(26)8-13)5-6-32(12)23(34)16-9-14(24)3-4-19(16)33-11-28-10-29-33/h3-4,7-12H,5-6H2,1-2H3/t12-/m0/s1. The third kappa shape index (κ3) is 3.44. The zero-order chi connectivity index (χ0) is 24.1. The first-order valence-corrected chi connectivity index (χ1v) is 10.4. The second kappa shape index (κ2) is 8.08. The van der Waals surface area contributed by atoms with Crippen molar-refractivity contribution in [2.45, 2.75) is 19.4 Å². The van der Waals surface area contributed by atoms with E-state index in [0.29, 0.717) is 29.1 Å². The van der Waals surface area contributed by atoms with Crippen molar-refractivity contribution < 1.29 is 22.4 Å². The molecule has 1 atom stereocenters. The summed E-state index contributed by atoms with van der Waals surface area (Å²) < 4.78 is 58.1. The Labute approximate surface area is 191 Å². The van der Waals surface area contributed by atoms with Crippen LogP contribution in [0.25, 0.3) is 16.9 Å². The number of aryl methyl sites for hydroxylation is 1. The molecule has 0 radical (unpaired) electrons. The monoisotopic (exact) mass is 470 g/mol. The largest absolute Gasteiger partial charge is 0.330 e. The van der Waals surface area contributed by atoms with Gasteiger partial charge in [-0.3, -0.25) is 9.48 Å². The Hall–Kier alpha value is -4.02. The van der Waals surface area contributed by atoms with E-state index in [9.17, 15) is 22.4 Å². The fourth-order valence-electron chi connectivity index (χ4n) is 4.44. The highest BCUT2D eigenvalue weighted by molar-refractivity contribution is 5.98. The van der Waals surface area contributed by atoms with Gasteiger partial charge in [0.25, 0.3) is 5.91 Å². The van der Waals surface area contributed by atoms with Crippen LogP contribution < -0.4 is 0 Å². The molecule has 34 heavy (non-hydrogen) atoms. The van der Waals surface area contributed by atoms with Crippen LogP contribution in [0.5, 0.6) is 0 Å². The van der Waals surface area contributed by atoms with Crippen LogP contribution in [0.3, 0.4) is 0 Å². The smallest absolute Gasteiger partial charge is 0.256 e. The molecule has 1 aliphatic heterocycles. The highest BCUT2D eigenvalue weighted by Crippen LogP contribution is 2.37. The molecule has 3 heterocycles. The van der Waals surface area contributed by atoms with Crippen LogP contribution in [0, 0.1) is 23.3 Å². The zero-order valence-electron chi connectivity index (χ0n) is 18.1. The molecule has 5 rings (SSSR count). The van der Waals surface area contributed by atoms with Gasteiger partial charge in [-0.15, -0.1) is 0 Å². The minimum Gasteiger partial charge on any atom is -0.330 e. The Morgan fingerprint density at radius 3 is 2.50 bits per heavy atom. The van der Waals surface area contributed by atoms with E-state index >= 15 is 0 Å². The molecular formula is C23H18F4N6O. The second-order valence-corrected chi connectivity index (χ2v) is 8.02. The number of carbonyl (C=O) groups is 1. The summed E-state index contributed by atoms with van der Waals surface area (Å²) in [5.74, 6) is -5.12. The van der Waals surface area contributed by atoms with E-state index < -0.39 is 35.2 Å². The molecule has 0 bridgehead atoms. The van der Waals surface area contributed by atoms with Gasteiger partial charge in [0, 0.05) is 24.7 Å². The number of carbonyl (C=O) groups excluding carboxylic acids is 1. The fraction of sp³-hybridized carbons (Fsp3) is 0.217. The number of aromatic nitrogens is 5. The van der Waals surface area contributed by atoms with Crippen molar-refractivity contribution in [3.8, 4) is 16.9 Å². The van der Waals surface area contributed by atoms with E-state index in [1.165, 1.54) is 34.2 Å². The van der Waals surface area contributed by atoms with E-state index in [2.05, 4.69) is 15.2 Å². The predicted molar refractivity (Wildman–Crippen MR) is 113 cm³/mol.